The van der Waals surface area contributed by atoms with Crippen molar-refractivity contribution in [3.8, 4) is 0 Å². The first-order valence-electron chi connectivity index (χ1n) is 6.29. The molecule has 6 heteroatoms. The Kier molecular flexibility index (Phi) is 3.28. The summed E-state index contributed by atoms with van der Waals surface area (Å²) < 4.78 is 0. The minimum atomic E-state index is -1.09. The summed E-state index contributed by atoms with van der Waals surface area (Å²) in [6.07, 6.45) is 3.17. The van der Waals surface area contributed by atoms with Crippen molar-refractivity contribution < 1.29 is 19.5 Å². The zero-order valence-electron chi connectivity index (χ0n) is 10.4. The first-order chi connectivity index (χ1) is 8.53. The Morgan fingerprint density at radius 3 is 2.50 bits per heavy atom. The molecule has 1 atom stereocenters. The molecule has 18 heavy (non-hydrogen) atoms. The summed E-state index contributed by atoms with van der Waals surface area (Å²) >= 11 is 0. The van der Waals surface area contributed by atoms with Crippen LogP contribution in [0.2, 0.25) is 0 Å². The number of hydrogen-bond donors (Lipinski definition) is 2. The molecule has 1 saturated heterocycles. The Hall–Kier alpha value is -1.59. The highest BCUT2D eigenvalue weighted by molar-refractivity contribution is 6.01. The number of likely N-dealkylation sites (tertiary alicyclic amines) is 1. The number of amides is 2. The lowest BCUT2D eigenvalue weighted by Gasteiger charge is -2.50. The Balaban J connectivity index is 2.23. The van der Waals surface area contributed by atoms with E-state index in [0.717, 1.165) is 6.42 Å². The second-order valence-corrected chi connectivity index (χ2v) is 4.99. The first kappa shape index (κ1) is 12.9. The van der Waals surface area contributed by atoms with E-state index >= 15 is 0 Å². The molecular weight excluding hydrogens is 236 g/mol. The van der Waals surface area contributed by atoms with Gasteiger partial charge in [0.1, 0.15) is 11.5 Å². The molecule has 0 aromatic heterocycles. The molecule has 1 aliphatic carbocycles. The van der Waals surface area contributed by atoms with Gasteiger partial charge in [-0.3, -0.25) is 14.4 Å². The topological polar surface area (TPSA) is 86.7 Å². The predicted octanol–water partition coefficient (Wildman–Crippen LogP) is -0.0217. The van der Waals surface area contributed by atoms with Crippen LogP contribution in [0.5, 0.6) is 0 Å². The van der Waals surface area contributed by atoms with Gasteiger partial charge in [-0.05, 0) is 32.1 Å². The van der Waals surface area contributed by atoms with Crippen LogP contribution in [0.1, 0.15) is 32.1 Å². The molecule has 1 aliphatic heterocycles. The summed E-state index contributed by atoms with van der Waals surface area (Å²) in [5, 5.41) is 11.6. The molecule has 0 radical (unpaired) electrons. The quantitative estimate of drug-likeness (QED) is 0.693. The van der Waals surface area contributed by atoms with Gasteiger partial charge in [0, 0.05) is 13.6 Å². The second-order valence-electron chi connectivity index (χ2n) is 4.99. The lowest BCUT2D eigenvalue weighted by Crippen LogP contribution is -2.66. The van der Waals surface area contributed by atoms with Gasteiger partial charge in [0.15, 0.2) is 0 Å². The van der Waals surface area contributed by atoms with Crippen LogP contribution in [-0.2, 0) is 14.4 Å². The van der Waals surface area contributed by atoms with E-state index in [4.69, 9.17) is 5.11 Å². The van der Waals surface area contributed by atoms with Crippen LogP contribution >= 0.6 is 0 Å². The molecule has 0 spiro atoms. The van der Waals surface area contributed by atoms with Crippen molar-refractivity contribution in [2.45, 2.75) is 37.6 Å². The standard InChI is InChI=1S/C12H18N2O4/c1-13-11(18)12(5-3-6-12)14-7-2-4-8(9(14)15)10(16)17/h8H,2-7H2,1H3,(H,13,18)(H,16,17). The van der Waals surface area contributed by atoms with E-state index in [0.29, 0.717) is 32.2 Å². The van der Waals surface area contributed by atoms with Gasteiger partial charge in [0.05, 0.1) is 0 Å². The molecule has 6 nitrogen and oxygen atoms in total. The minimum Gasteiger partial charge on any atom is -0.481 e. The molecule has 2 N–H and O–H groups in total. The van der Waals surface area contributed by atoms with E-state index in [9.17, 15) is 14.4 Å². The maximum Gasteiger partial charge on any atom is 0.316 e. The van der Waals surface area contributed by atoms with E-state index in [1.165, 1.54) is 4.90 Å². The van der Waals surface area contributed by atoms with Gasteiger partial charge in [-0.2, -0.15) is 0 Å². The number of piperidine rings is 1. The van der Waals surface area contributed by atoms with Crippen LogP contribution in [0.4, 0.5) is 0 Å². The number of likely N-dealkylation sites (N-methyl/N-ethyl adjacent to an activating group) is 1. The summed E-state index contributed by atoms with van der Waals surface area (Å²) in [6.45, 7) is 0.482. The van der Waals surface area contributed by atoms with Crippen molar-refractivity contribution in [2.24, 2.45) is 5.92 Å². The molecule has 1 saturated carbocycles. The molecule has 2 amide bonds. The third-order valence-electron chi connectivity index (χ3n) is 4.08. The number of carbonyl (C=O) groups is 3. The summed E-state index contributed by atoms with van der Waals surface area (Å²) in [7, 11) is 1.55. The minimum absolute atomic E-state index is 0.173. The highest BCUT2D eigenvalue weighted by atomic mass is 16.4. The fraction of sp³-hybridized carbons (Fsp3) is 0.750. The Morgan fingerprint density at radius 1 is 1.39 bits per heavy atom. The first-order valence-corrected chi connectivity index (χ1v) is 6.29. The van der Waals surface area contributed by atoms with Crippen molar-refractivity contribution in [2.75, 3.05) is 13.6 Å². The number of carbonyl (C=O) groups excluding carboxylic acids is 2. The number of aliphatic carboxylic acids is 1. The van der Waals surface area contributed by atoms with Crippen LogP contribution in [0, 0.1) is 5.92 Å². The lowest BCUT2D eigenvalue weighted by atomic mass is 9.73. The average Bonchev–Trinajstić information content (AvgIpc) is 2.29. The third kappa shape index (κ3) is 1.76. The van der Waals surface area contributed by atoms with Crippen LogP contribution in [0.25, 0.3) is 0 Å². The van der Waals surface area contributed by atoms with E-state index in [1.54, 1.807) is 7.05 Å². The van der Waals surface area contributed by atoms with E-state index < -0.39 is 23.3 Å². The molecule has 0 aromatic carbocycles. The van der Waals surface area contributed by atoms with Crippen molar-refractivity contribution in [1.82, 2.24) is 10.2 Å². The number of nitrogens with zero attached hydrogens (tertiary/aromatic N) is 1. The second kappa shape index (κ2) is 4.59. The van der Waals surface area contributed by atoms with E-state index in [1.807, 2.05) is 0 Å². The van der Waals surface area contributed by atoms with Crippen molar-refractivity contribution in [1.29, 1.82) is 0 Å². The zero-order chi connectivity index (χ0) is 13.3. The zero-order valence-corrected chi connectivity index (χ0v) is 10.4. The molecular formula is C12H18N2O4. The summed E-state index contributed by atoms with van der Waals surface area (Å²) in [5.41, 5.74) is -0.792. The number of rotatable bonds is 3. The van der Waals surface area contributed by atoms with Crippen molar-refractivity contribution in [3.05, 3.63) is 0 Å². The molecule has 0 bridgehead atoms. The Bertz CT molecular complexity index is 390. The van der Waals surface area contributed by atoms with Gasteiger partial charge in [-0.1, -0.05) is 0 Å². The van der Waals surface area contributed by atoms with E-state index in [2.05, 4.69) is 5.32 Å². The van der Waals surface area contributed by atoms with Gasteiger partial charge in [0.25, 0.3) is 0 Å². The van der Waals surface area contributed by atoms with Crippen LogP contribution in [0.15, 0.2) is 0 Å². The summed E-state index contributed by atoms with van der Waals surface area (Å²) in [6, 6.07) is 0. The van der Waals surface area contributed by atoms with Gasteiger partial charge < -0.3 is 15.3 Å². The summed E-state index contributed by atoms with van der Waals surface area (Å²) in [4.78, 5) is 36.7. The Labute approximate surface area is 105 Å². The monoisotopic (exact) mass is 254 g/mol. The van der Waals surface area contributed by atoms with E-state index in [-0.39, 0.29) is 5.91 Å². The van der Waals surface area contributed by atoms with Crippen molar-refractivity contribution >= 4 is 17.8 Å². The smallest absolute Gasteiger partial charge is 0.316 e. The number of nitrogens with one attached hydrogen (secondary N) is 1. The third-order valence-corrected chi connectivity index (χ3v) is 4.08. The van der Waals surface area contributed by atoms with Crippen molar-refractivity contribution in [3.63, 3.8) is 0 Å². The maximum atomic E-state index is 12.2. The average molecular weight is 254 g/mol. The van der Waals surface area contributed by atoms with Gasteiger partial charge in [-0.25, -0.2) is 0 Å². The van der Waals surface area contributed by atoms with Gasteiger partial charge in [-0.15, -0.1) is 0 Å². The maximum absolute atomic E-state index is 12.2. The highest BCUT2D eigenvalue weighted by Crippen LogP contribution is 2.40. The van der Waals surface area contributed by atoms with Crippen LogP contribution in [-0.4, -0.2) is 46.9 Å². The van der Waals surface area contributed by atoms with Crippen LogP contribution < -0.4 is 5.32 Å². The fourth-order valence-electron chi connectivity index (χ4n) is 2.89. The summed E-state index contributed by atoms with van der Waals surface area (Å²) in [5.74, 6) is -2.65. The molecule has 0 aromatic rings. The van der Waals surface area contributed by atoms with Gasteiger partial charge >= 0.3 is 5.97 Å². The molecule has 100 valence electrons. The fourth-order valence-corrected chi connectivity index (χ4v) is 2.89. The SMILES string of the molecule is CNC(=O)C1(N2CCCC(C(=O)O)C2=O)CCC1. The van der Waals surface area contributed by atoms with Gasteiger partial charge in [0.2, 0.25) is 11.8 Å². The molecule has 1 heterocycles. The van der Waals surface area contributed by atoms with Crippen LogP contribution in [0.3, 0.4) is 0 Å². The molecule has 2 rings (SSSR count). The largest absolute Gasteiger partial charge is 0.481 e. The Morgan fingerprint density at radius 2 is 2.06 bits per heavy atom. The molecule has 2 aliphatic rings. The lowest BCUT2D eigenvalue weighted by molar-refractivity contribution is -0.166. The predicted molar refractivity (Wildman–Crippen MR) is 62.7 cm³/mol. The highest BCUT2D eigenvalue weighted by Gasteiger charge is 2.53. The number of carboxylic acids is 1. The number of carboxylic acid groups (broad SMARTS) is 1. The molecule has 1 unspecified atom stereocenters. The molecule has 2 fully saturated rings. The number of hydrogen-bond acceptors (Lipinski definition) is 3. The normalized spacial score (nSPS) is 26.4.